The molecule has 1 aromatic heterocycles. The van der Waals surface area contributed by atoms with Gasteiger partial charge in [0.15, 0.2) is 11.0 Å². The lowest BCUT2D eigenvalue weighted by Gasteiger charge is -2.27. The minimum Gasteiger partial charge on any atom is -0.497 e. The van der Waals surface area contributed by atoms with Crippen LogP contribution in [0, 0.1) is 0 Å². The van der Waals surface area contributed by atoms with E-state index in [-0.39, 0.29) is 11.2 Å². The average Bonchev–Trinajstić information content (AvgIpc) is 3.51. The van der Waals surface area contributed by atoms with Gasteiger partial charge in [0.1, 0.15) is 5.75 Å². The number of carbonyl (C=O) groups excluding carboxylic acids is 1. The Labute approximate surface area is 211 Å². The Morgan fingerprint density at radius 2 is 1.97 bits per heavy atom. The molecule has 8 heteroatoms. The Morgan fingerprint density at radius 3 is 2.80 bits per heavy atom. The highest BCUT2D eigenvalue weighted by Gasteiger charge is 2.31. The highest BCUT2D eigenvalue weighted by atomic mass is 32.2. The molecule has 1 N–H and O–H groups in total. The molecule has 1 aliphatic carbocycles. The molecule has 1 atom stereocenters. The fourth-order valence-corrected chi connectivity index (χ4v) is 6.12. The average molecular weight is 492 g/mol. The Kier molecular flexibility index (Phi) is 7.27. The standard InChI is InChI=1S/C27H33N5O2S/c1-19(26(33)31-16-15-20-9-6-7-14-24(20)31)35-27-30-29-25(32(27)22-11-4-3-5-12-22)18-28-21-10-8-13-23(17-21)34-2/h6-10,13-14,17,19,22,28H,3-5,11-12,15-16,18H2,1-2H3. The molecule has 1 saturated carbocycles. The van der Waals surface area contributed by atoms with E-state index >= 15 is 0 Å². The Hall–Kier alpha value is -3.00. The van der Waals surface area contributed by atoms with Crippen LogP contribution in [0.2, 0.25) is 0 Å². The van der Waals surface area contributed by atoms with Crippen LogP contribution in [0.1, 0.15) is 56.5 Å². The van der Waals surface area contributed by atoms with E-state index in [0.29, 0.717) is 12.6 Å². The summed E-state index contributed by atoms with van der Waals surface area (Å²) in [7, 11) is 1.67. The van der Waals surface area contributed by atoms with Crippen molar-refractivity contribution in [1.82, 2.24) is 14.8 Å². The lowest BCUT2D eigenvalue weighted by molar-refractivity contribution is -0.117. The summed E-state index contributed by atoms with van der Waals surface area (Å²) >= 11 is 1.53. The van der Waals surface area contributed by atoms with Crippen LogP contribution in [0.5, 0.6) is 5.75 Å². The van der Waals surface area contributed by atoms with Crippen LogP contribution in [0.4, 0.5) is 11.4 Å². The number of amides is 1. The van der Waals surface area contributed by atoms with Gasteiger partial charge in [-0.3, -0.25) is 4.79 Å². The minimum absolute atomic E-state index is 0.134. The first kappa shape index (κ1) is 23.7. The number of rotatable bonds is 8. The summed E-state index contributed by atoms with van der Waals surface area (Å²) in [5, 5.41) is 13.2. The van der Waals surface area contributed by atoms with Gasteiger partial charge < -0.3 is 19.5 Å². The first-order valence-electron chi connectivity index (χ1n) is 12.5. The zero-order valence-electron chi connectivity index (χ0n) is 20.4. The summed E-state index contributed by atoms with van der Waals surface area (Å²) in [6.07, 6.45) is 6.88. The predicted octanol–water partition coefficient (Wildman–Crippen LogP) is 5.47. The second kappa shape index (κ2) is 10.7. The molecule has 1 fully saturated rings. The normalized spacial score (nSPS) is 16.7. The maximum atomic E-state index is 13.4. The van der Waals surface area contributed by atoms with E-state index in [4.69, 9.17) is 4.74 Å². The van der Waals surface area contributed by atoms with Crippen molar-refractivity contribution in [1.29, 1.82) is 0 Å². The van der Waals surface area contributed by atoms with Gasteiger partial charge in [-0.15, -0.1) is 10.2 Å². The molecule has 0 bridgehead atoms. The van der Waals surface area contributed by atoms with Crippen LogP contribution in [0.15, 0.2) is 53.7 Å². The number of hydrogen-bond acceptors (Lipinski definition) is 6. The molecule has 1 unspecified atom stereocenters. The Morgan fingerprint density at radius 1 is 1.14 bits per heavy atom. The smallest absolute Gasteiger partial charge is 0.240 e. The molecule has 2 aliphatic rings. The molecular formula is C27H33N5O2S. The number of nitrogens with one attached hydrogen (secondary N) is 1. The van der Waals surface area contributed by atoms with Crippen molar-refractivity contribution in [2.75, 3.05) is 23.9 Å². The molecule has 0 saturated heterocycles. The third-order valence-corrected chi connectivity index (χ3v) is 8.02. The molecule has 0 spiro atoms. The molecular weight excluding hydrogens is 458 g/mol. The zero-order chi connectivity index (χ0) is 24.2. The molecule has 7 nitrogen and oxygen atoms in total. The summed E-state index contributed by atoms with van der Waals surface area (Å²) in [5.74, 6) is 1.86. The van der Waals surface area contributed by atoms with E-state index in [1.165, 1.54) is 36.6 Å². The van der Waals surface area contributed by atoms with Crippen LogP contribution >= 0.6 is 11.8 Å². The summed E-state index contributed by atoms with van der Waals surface area (Å²) in [5.41, 5.74) is 3.27. The second-order valence-electron chi connectivity index (χ2n) is 9.27. The van der Waals surface area contributed by atoms with E-state index in [2.05, 4.69) is 26.1 Å². The van der Waals surface area contributed by atoms with E-state index < -0.39 is 0 Å². The van der Waals surface area contributed by atoms with Crippen molar-refractivity contribution in [2.45, 2.75) is 68.4 Å². The van der Waals surface area contributed by atoms with Crippen molar-refractivity contribution < 1.29 is 9.53 Å². The number of benzene rings is 2. The van der Waals surface area contributed by atoms with Crippen LogP contribution in [0.25, 0.3) is 0 Å². The van der Waals surface area contributed by atoms with Gasteiger partial charge in [0.25, 0.3) is 0 Å². The van der Waals surface area contributed by atoms with E-state index in [1.807, 2.05) is 54.3 Å². The van der Waals surface area contributed by atoms with Gasteiger partial charge in [0.2, 0.25) is 5.91 Å². The molecule has 2 heterocycles. The van der Waals surface area contributed by atoms with E-state index in [9.17, 15) is 4.79 Å². The molecule has 1 aliphatic heterocycles. The molecule has 2 aromatic carbocycles. The molecule has 3 aromatic rings. The number of thioether (sulfide) groups is 1. The predicted molar refractivity (Wildman–Crippen MR) is 140 cm³/mol. The lowest BCUT2D eigenvalue weighted by atomic mass is 9.95. The Balaban J connectivity index is 1.34. The Bertz CT molecular complexity index is 1170. The van der Waals surface area contributed by atoms with E-state index in [0.717, 1.165) is 53.9 Å². The van der Waals surface area contributed by atoms with Crippen molar-refractivity contribution in [3.63, 3.8) is 0 Å². The van der Waals surface area contributed by atoms with Crippen molar-refractivity contribution >= 4 is 29.0 Å². The number of methoxy groups -OCH3 is 1. The zero-order valence-corrected chi connectivity index (χ0v) is 21.3. The van der Waals surface area contributed by atoms with Crippen molar-refractivity contribution in [3.8, 4) is 5.75 Å². The molecule has 35 heavy (non-hydrogen) atoms. The third kappa shape index (κ3) is 5.17. The van der Waals surface area contributed by atoms with Gasteiger partial charge in [0, 0.05) is 30.0 Å². The molecule has 184 valence electrons. The quantitative estimate of drug-likeness (QED) is 0.421. The summed E-state index contributed by atoms with van der Waals surface area (Å²) in [6.45, 7) is 3.30. The number of nitrogens with zero attached hydrogens (tertiary/aromatic N) is 4. The summed E-state index contributed by atoms with van der Waals surface area (Å²) < 4.78 is 7.64. The fraction of sp³-hybridized carbons (Fsp3) is 0.444. The first-order chi connectivity index (χ1) is 17.1. The second-order valence-corrected chi connectivity index (χ2v) is 10.6. The van der Waals surface area contributed by atoms with Gasteiger partial charge in [-0.2, -0.15) is 0 Å². The molecule has 0 radical (unpaired) electrons. The SMILES string of the molecule is COc1cccc(NCc2nnc(SC(C)C(=O)N3CCc4ccccc43)n2C2CCCCC2)c1. The monoisotopic (exact) mass is 491 g/mol. The highest BCUT2D eigenvalue weighted by Crippen LogP contribution is 2.36. The third-order valence-electron chi connectivity index (χ3n) is 6.98. The lowest BCUT2D eigenvalue weighted by Crippen LogP contribution is -2.35. The van der Waals surface area contributed by atoms with Crippen LogP contribution in [-0.4, -0.2) is 39.6 Å². The van der Waals surface area contributed by atoms with Gasteiger partial charge >= 0.3 is 0 Å². The van der Waals surface area contributed by atoms with Gasteiger partial charge in [-0.05, 0) is 49.9 Å². The van der Waals surface area contributed by atoms with Gasteiger partial charge in [-0.25, -0.2) is 0 Å². The number of aromatic nitrogens is 3. The minimum atomic E-state index is -0.244. The number of carbonyl (C=O) groups is 1. The summed E-state index contributed by atoms with van der Waals surface area (Å²) in [4.78, 5) is 15.3. The summed E-state index contributed by atoms with van der Waals surface area (Å²) in [6, 6.07) is 16.5. The van der Waals surface area contributed by atoms with E-state index in [1.54, 1.807) is 7.11 Å². The highest BCUT2D eigenvalue weighted by molar-refractivity contribution is 8.00. The fourth-order valence-electron chi connectivity index (χ4n) is 5.12. The number of anilines is 2. The van der Waals surface area contributed by atoms with Crippen LogP contribution in [-0.2, 0) is 17.8 Å². The van der Waals surface area contributed by atoms with Gasteiger partial charge in [0.05, 0.1) is 18.9 Å². The molecule has 1 amide bonds. The van der Waals surface area contributed by atoms with Crippen molar-refractivity contribution in [2.24, 2.45) is 0 Å². The number of ether oxygens (including phenoxy) is 1. The maximum Gasteiger partial charge on any atom is 0.240 e. The number of fused-ring (bicyclic) bond motifs is 1. The first-order valence-corrected chi connectivity index (χ1v) is 13.4. The topological polar surface area (TPSA) is 72.3 Å². The number of hydrogen-bond donors (Lipinski definition) is 1. The van der Waals surface area contributed by atoms with Crippen molar-refractivity contribution in [3.05, 3.63) is 59.9 Å². The maximum absolute atomic E-state index is 13.4. The molecule has 5 rings (SSSR count). The van der Waals surface area contributed by atoms with Crippen LogP contribution < -0.4 is 15.0 Å². The van der Waals surface area contributed by atoms with Crippen LogP contribution in [0.3, 0.4) is 0 Å². The number of para-hydroxylation sites is 1. The van der Waals surface area contributed by atoms with Gasteiger partial charge in [-0.1, -0.05) is 55.3 Å². The largest absolute Gasteiger partial charge is 0.497 e.